The highest BCUT2D eigenvalue weighted by atomic mass is 15.1. The number of hydrogen-bond acceptors (Lipinski definition) is 2. The van der Waals surface area contributed by atoms with Crippen LogP contribution in [0.15, 0.2) is 66.7 Å². The molecule has 0 amide bonds. The lowest BCUT2D eigenvalue weighted by atomic mass is 9.64. The van der Waals surface area contributed by atoms with Crippen LogP contribution >= 0.6 is 0 Å². The summed E-state index contributed by atoms with van der Waals surface area (Å²) in [5, 5.41) is 0. The van der Waals surface area contributed by atoms with E-state index in [4.69, 9.17) is 0 Å². The first-order valence-electron chi connectivity index (χ1n) is 20.4. The van der Waals surface area contributed by atoms with E-state index < -0.39 is 0 Å². The van der Waals surface area contributed by atoms with Crippen LogP contribution in [0.1, 0.15) is 153 Å². The maximum atomic E-state index is 2.65. The second-order valence-corrected chi connectivity index (χ2v) is 16.7. The standard InChI is InChI=1S/C47H70N2/c1-11-48(12-2)37-22-26-41(45(30-37)43-28-34(9)20-24-39(43)32(5)6)47(36-18-16-15-17-19-36)42-27-23-38(49(13-3)14-4)31-46(42)44-29-35(10)21-25-40(44)33(7)8/h15-19,22-23,26-27,30-35,39-40,43-44,47H,11-14,20-21,24-25,28-29H2,1-10H3. The van der Waals surface area contributed by atoms with Crippen molar-refractivity contribution in [2.45, 2.75) is 126 Å². The van der Waals surface area contributed by atoms with Crippen molar-refractivity contribution >= 4 is 11.4 Å². The van der Waals surface area contributed by atoms with Gasteiger partial charge in [-0.2, -0.15) is 0 Å². The van der Waals surface area contributed by atoms with E-state index in [1.54, 1.807) is 22.3 Å². The Morgan fingerprint density at radius 3 is 1.33 bits per heavy atom. The first-order valence-corrected chi connectivity index (χ1v) is 20.4. The minimum absolute atomic E-state index is 0.206. The van der Waals surface area contributed by atoms with Crippen LogP contribution in [0.4, 0.5) is 11.4 Å². The molecule has 6 unspecified atom stereocenters. The predicted molar refractivity (Wildman–Crippen MR) is 216 cm³/mol. The summed E-state index contributed by atoms with van der Waals surface area (Å²) >= 11 is 0. The van der Waals surface area contributed by atoms with Crippen molar-refractivity contribution in [3.63, 3.8) is 0 Å². The van der Waals surface area contributed by atoms with Gasteiger partial charge in [-0.05, 0) is 153 Å². The second kappa shape index (κ2) is 17.0. The summed E-state index contributed by atoms with van der Waals surface area (Å²) in [6.07, 6.45) is 7.99. The molecular formula is C47H70N2. The summed E-state index contributed by atoms with van der Waals surface area (Å²) in [6.45, 7) is 28.3. The Hall–Kier alpha value is -2.74. The number of nitrogens with zero attached hydrogens (tertiary/aromatic N) is 2. The van der Waals surface area contributed by atoms with Crippen LogP contribution in [0.3, 0.4) is 0 Å². The van der Waals surface area contributed by atoms with E-state index >= 15 is 0 Å². The lowest BCUT2D eigenvalue weighted by Crippen LogP contribution is -2.29. The number of anilines is 2. The molecule has 0 saturated heterocycles. The molecule has 0 heterocycles. The molecule has 2 aliphatic carbocycles. The zero-order valence-electron chi connectivity index (χ0n) is 33.0. The average Bonchev–Trinajstić information content (AvgIpc) is 3.10. The van der Waals surface area contributed by atoms with Crippen LogP contribution in [0.25, 0.3) is 0 Å². The Morgan fingerprint density at radius 2 is 0.959 bits per heavy atom. The van der Waals surface area contributed by atoms with Gasteiger partial charge in [-0.15, -0.1) is 0 Å². The molecule has 5 rings (SSSR count). The minimum atomic E-state index is 0.206. The number of benzene rings is 3. The molecule has 0 radical (unpaired) electrons. The van der Waals surface area contributed by atoms with Gasteiger partial charge in [0, 0.05) is 43.5 Å². The van der Waals surface area contributed by atoms with Gasteiger partial charge >= 0.3 is 0 Å². The smallest absolute Gasteiger partial charge is 0.0369 e. The molecule has 0 N–H and O–H groups in total. The van der Waals surface area contributed by atoms with Crippen molar-refractivity contribution in [1.29, 1.82) is 0 Å². The largest absolute Gasteiger partial charge is 0.372 e. The van der Waals surface area contributed by atoms with Gasteiger partial charge in [0.05, 0.1) is 0 Å². The summed E-state index contributed by atoms with van der Waals surface area (Å²) in [4.78, 5) is 5.12. The molecule has 0 aliphatic heterocycles. The third kappa shape index (κ3) is 8.26. The zero-order chi connectivity index (χ0) is 35.2. The molecule has 2 aliphatic rings. The Morgan fingerprint density at radius 1 is 0.551 bits per heavy atom. The molecule has 2 nitrogen and oxygen atoms in total. The lowest BCUT2D eigenvalue weighted by Gasteiger charge is -2.41. The van der Waals surface area contributed by atoms with E-state index in [1.165, 1.54) is 55.5 Å². The van der Waals surface area contributed by atoms with Crippen molar-refractivity contribution in [2.75, 3.05) is 36.0 Å². The van der Waals surface area contributed by atoms with Crippen molar-refractivity contribution in [3.05, 3.63) is 94.5 Å². The van der Waals surface area contributed by atoms with Crippen LogP contribution < -0.4 is 9.80 Å². The molecule has 2 saturated carbocycles. The topological polar surface area (TPSA) is 6.48 Å². The Labute approximate surface area is 302 Å². The summed E-state index contributed by atoms with van der Waals surface area (Å²) in [5.74, 6) is 5.68. The maximum Gasteiger partial charge on any atom is 0.0369 e. The van der Waals surface area contributed by atoms with Crippen LogP contribution in [-0.2, 0) is 0 Å². The monoisotopic (exact) mass is 663 g/mol. The van der Waals surface area contributed by atoms with Gasteiger partial charge in [-0.25, -0.2) is 0 Å². The van der Waals surface area contributed by atoms with Crippen molar-refractivity contribution in [2.24, 2.45) is 35.5 Å². The third-order valence-electron chi connectivity index (χ3n) is 13.0. The third-order valence-corrected chi connectivity index (χ3v) is 13.0. The van der Waals surface area contributed by atoms with Gasteiger partial charge in [-0.1, -0.05) is 96.8 Å². The molecule has 268 valence electrons. The zero-order valence-corrected chi connectivity index (χ0v) is 33.0. The quantitative estimate of drug-likeness (QED) is 0.168. The van der Waals surface area contributed by atoms with E-state index in [9.17, 15) is 0 Å². The molecule has 0 aromatic heterocycles. The van der Waals surface area contributed by atoms with E-state index in [0.29, 0.717) is 35.5 Å². The van der Waals surface area contributed by atoms with Crippen LogP contribution in [0.2, 0.25) is 0 Å². The Balaban J connectivity index is 1.81. The highest BCUT2D eigenvalue weighted by Crippen LogP contribution is 2.52. The molecule has 6 atom stereocenters. The molecule has 2 heteroatoms. The fourth-order valence-electron chi connectivity index (χ4n) is 10.2. The lowest BCUT2D eigenvalue weighted by molar-refractivity contribution is 0.195. The SMILES string of the molecule is CCN(CC)c1ccc(C(c2ccccc2)c2ccc(N(CC)CC)cc2C2CC(C)CCC2C(C)C)c(C2CC(C)CCC2C(C)C)c1. The van der Waals surface area contributed by atoms with Gasteiger partial charge in [0.25, 0.3) is 0 Å². The molecule has 49 heavy (non-hydrogen) atoms. The molecule has 3 aromatic rings. The molecule has 2 fully saturated rings. The van der Waals surface area contributed by atoms with Gasteiger partial charge in [0.2, 0.25) is 0 Å². The highest BCUT2D eigenvalue weighted by Gasteiger charge is 2.38. The summed E-state index contributed by atoms with van der Waals surface area (Å²) in [7, 11) is 0. The average molecular weight is 663 g/mol. The summed E-state index contributed by atoms with van der Waals surface area (Å²) < 4.78 is 0. The Kier molecular flexibility index (Phi) is 13.0. The fraction of sp³-hybridized carbons (Fsp3) is 0.617. The molecule has 3 aromatic carbocycles. The normalized spacial score (nSPS) is 25.1. The van der Waals surface area contributed by atoms with Gasteiger partial charge in [0.15, 0.2) is 0 Å². The molecule has 0 bridgehead atoms. The number of rotatable bonds is 13. The highest BCUT2D eigenvalue weighted by molar-refractivity contribution is 5.60. The van der Waals surface area contributed by atoms with Crippen molar-refractivity contribution < 1.29 is 0 Å². The molecular weight excluding hydrogens is 593 g/mol. The Bertz CT molecular complexity index is 1360. The van der Waals surface area contributed by atoms with Gasteiger partial charge in [0.1, 0.15) is 0 Å². The van der Waals surface area contributed by atoms with E-state index in [2.05, 4.69) is 146 Å². The van der Waals surface area contributed by atoms with E-state index in [0.717, 1.165) is 38.0 Å². The van der Waals surface area contributed by atoms with Crippen LogP contribution in [0, 0.1) is 35.5 Å². The fourth-order valence-corrected chi connectivity index (χ4v) is 10.2. The van der Waals surface area contributed by atoms with Gasteiger partial charge in [-0.3, -0.25) is 0 Å². The summed E-state index contributed by atoms with van der Waals surface area (Å²) in [6, 6.07) is 27.0. The number of hydrogen-bond donors (Lipinski definition) is 0. The predicted octanol–water partition coefficient (Wildman–Crippen LogP) is 12.9. The van der Waals surface area contributed by atoms with Gasteiger partial charge < -0.3 is 9.80 Å². The van der Waals surface area contributed by atoms with Crippen molar-refractivity contribution in [3.8, 4) is 0 Å². The minimum Gasteiger partial charge on any atom is -0.372 e. The summed E-state index contributed by atoms with van der Waals surface area (Å²) in [5.41, 5.74) is 10.6. The molecule has 0 spiro atoms. The second-order valence-electron chi connectivity index (χ2n) is 16.7. The van der Waals surface area contributed by atoms with Crippen molar-refractivity contribution in [1.82, 2.24) is 0 Å². The van der Waals surface area contributed by atoms with E-state index in [-0.39, 0.29) is 5.92 Å². The van der Waals surface area contributed by atoms with E-state index in [1.807, 2.05) is 0 Å². The van der Waals surface area contributed by atoms with Crippen LogP contribution in [-0.4, -0.2) is 26.2 Å². The first kappa shape index (κ1) is 37.5. The first-order chi connectivity index (χ1) is 23.6. The maximum absolute atomic E-state index is 2.65. The van der Waals surface area contributed by atoms with Crippen LogP contribution in [0.5, 0.6) is 0 Å².